The van der Waals surface area contributed by atoms with Crippen molar-refractivity contribution in [3.05, 3.63) is 22.5 Å². The predicted octanol–water partition coefficient (Wildman–Crippen LogP) is 3.25. The summed E-state index contributed by atoms with van der Waals surface area (Å²) in [5, 5.41) is 2.90. The number of thiophene rings is 1. The monoisotopic (exact) mass is 395 g/mol. The third-order valence-corrected chi connectivity index (χ3v) is 6.97. The van der Waals surface area contributed by atoms with Crippen molar-refractivity contribution in [2.24, 2.45) is 11.7 Å². The van der Waals surface area contributed by atoms with Crippen LogP contribution in [0.4, 0.5) is 0 Å². The Balaban J connectivity index is 0.00000264. The van der Waals surface area contributed by atoms with E-state index in [0.717, 1.165) is 22.0 Å². The normalized spacial score (nSPS) is 13.1. The number of hydrogen-bond donors (Lipinski definition) is 2. The summed E-state index contributed by atoms with van der Waals surface area (Å²) in [5.41, 5.74) is 6.50. The molecule has 2 aromatic heterocycles. The van der Waals surface area contributed by atoms with Crippen LogP contribution in [0, 0.1) is 12.8 Å². The Kier molecular flexibility index (Phi) is 7.63. The quantitative estimate of drug-likeness (QED) is 0.753. The molecule has 5 nitrogen and oxygen atoms in total. The molecule has 9 heteroatoms. The first-order valence-corrected chi connectivity index (χ1v) is 10.2. The van der Waals surface area contributed by atoms with Crippen molar-refractivity contribution < 1.29 is 8.42 Å². The van der Waals surface area contributed by atoms with Gasteiger partial charge in [-0.2, -0.15) is 0 Å². The molecule has 0 aromatic carbocycles. The number of aromatic nitrogens is 1. The number of sulfonamides is 1. The zero-order valence-electron chi connectivity index (χ0n) is 13.3. The minimum Gasteiger partial charge on any atom is -0.329 e. The highest BCUT2D eigenvalue weighted by Crippen LogP contribution is 2.31. The first-order valence-electron chi connectivity index (χ1n) is 7.06. The summed E-state index contributed by atoms with van der Waals surface area (Å²) >= 11 is 2.78. The van der Waals surface area contributed by atoms with Gasteiger partial charge in [0, 0.05) is 18.0 Å². The summed E-state index contributed by atoms with van der Waals surface area (Å²) in [6.45, 7) is 6.31. The van der Waals surface area contributed by atoms with E-state index >= 15 is 0 Å². The maximum Gasteiger partial charge on any atom is 0.250 e. The van der Waals surface area contributed by atoms with Crippen LogP contribution in [0.1, 0.15) is 25.3 Å². The molecule has 1 unspecified atom stereocenters. The van der Waals surface area contributed by atoms with Crippen molar-refractivity contribution in [2.75, 3.05) is 6.54 Å². The van der Waals surface area contributed by atoms with Gasteiger partial charge in [0.05, 0.1) is 15.6 Å². The lowest BCUT2D eigenvalue weighted by Gasteiger charge is -2.18. The van der Waals surface area contributed by atoms with E-state index < -0.39 is 10.0 Å². The minimum atomic E-state index is -3.53. The number of nitrogens with one attached hydrogen (secondary N) is 1. The van der Waals surface area contributed by atoms with E-state index in [9.17, 15) is 8.42 Å². The molecular formula is C14H22ClN3O2S3. The zero-order chi connectivity index (χ0) is 16.3. The van der Waals surface area contributed by atoms with Crippen LogP contribution in [0.3, 0.4) is 0 Å². The third-order valence-electron chi connectivity index (χ3n) is 3.08. The molecule has 3 N–H and O–H groups in total. The highest BCUT2D eigenvalue weighted by molar-refractivity contribution is 7.91. The second kappa shape index (κ2) is 8.55. The molecule has 0 saturated heterocycles. The standard InChI is InChI=1S/C14H21N3O2S3.ClH/c1-9(2)6-11(7-15)17-22(18,19)14-5-4-13(21-14)12-8-20-10(3)16-12;/h4-5,8-9,11,17H,6-7,15H2,1-3H3;1H. The van der Waals surface area contributed by atoms with Gasteiger partial charge in [-0.3, -0.25) is 0 Å². The molecule has 0 fully saturated rings. The maximum absolute atomic E-state index is 12.5. The number of aryl methyl sites for hydroxylation is 1. The lowest BCUT2D eigenvalue weighted by Crippen LogP contribution is -2.40. The number of hydrogen-bond acceptors (Lipinski definition) is 6. The summed E-state index contributed by atoms with van der Waals surface area (Å²) in [4.78, 5) is 5.25. The molecule has 23 heavy (non-hydrogen) atoms. The van der Waals surface area contributed by atoms with Crippen LogP contribution in [-0.2, 0) is 10.0 Å². The van der Waals surface area contributed by atoms with E-state index in [1.165, 1.54) is 11.3 Å². The molecule has 0 saturated carbocycles. The maximum atomic E-state index is 12.5. The molecule has 1 atom stereocenters. The SMILES string of the molecule is Cc1nc(-c2ccc(S(=O)(=O)NC(CN)CC(C)C)s2)cs1.Cl. The Morgan fingerprint density at radius 3 is 2.57 bits per heavy atom. The molecule has 0 aliphatic heterocycles. The Bertz CT molecular complexity index is 725. The molecule has 2 aromatic rings. The van der Waals surface area contributed by atoms with E-state index in [2.05, 4.69) is 9.71 Å². The van der Waals surface area contributed by atoms with Crippen LogP contribution in [0.5, 0.6) is 0 Å². The molecule has 0 spiro atoms. The van der Waals surface area contributed by atoms with Gasteiger partial charge in [-0.1, -0.05) is 13.8 Å². The highest BCUT2D eigenvalue weighted by atomic mass is 35.5. The number of nitrogens with two attached hydrogens (primary N) is 1. The van der Waals surface area contributed by atoms with E-state index in [1.54, 1.807) is 23.5 Å². The van der Waals surface area contributed by atoms with Crippen molar-refractivity contribution >= 4 is 45.1 Å². The zero-order valence-corrected chi connectivity index (χ0v) is 16.5. The molecule has 0 aliphatic carbocycles. The van der Waals surface area contributed by atoms with Crippen LogP contribution in [0.25, 0.3) is 10.6 Å². The minimum absolute atomic E-state index is 0. The Morgan fingerprint density at radius 2 is 2.04 bits per heavy atom. The molecule has 0 radical (unpaired) electrons. The van der Waals surface area contributed by atoms with Crippen molar-refractivity contribution in [1.29, 1.82) is 0 Å². The Labute approximate surface area is 151 Å². The third kappa shape index (κ3) is 5.51. The van der Waals surface area contributed by atoms with Crippen LogP contribution in [0.15, 0.2) is 21.7 Å². The average molecular weight is 396 g/mol. The Hall–Kier alpha value is -0.510. The summed E-state index contributed by atoms with van der Waals surface area (Å²) in [6, 6.07) is 3.19. The number of nitrogens with zero attached hydrogens (tertiary/aromatic N) is 1. The number of halogens is 1. The van der Waals surface area contributed by atoms with Gasteiger partial charge in [-0.25, -0.2) is 18.1 Å². The van der Waals surface area contributed by atoms with Gasteiger partial charge in [0.25, 0.3) is 0 Å². The van der Waals surface area contributed by atoms with Gasteiger partial charge in [0.15, 0.2) is 0 Å². The van der Waals surface area contributed by atoms with Crippen molar-refractivity contribution in [1.82, 2.24) is 9.71 Å². The summed E-state index contributed by atoms with van der Waals surface area (Å²) < 4.78 is 27.9. The molecule has 2 rings (SSSR count). The molecule has 0 amide bonds. The van der Waals surface area contributed by atoms with Gasteiger partial charge >= 0.3 is 0 Å². The predicted molar refractivity (Wildman–Crippen MR) is 100 cm³/mol. The van der Waals surface area contributed by atoms with Gasteiger partial charge in [0.2, 0.25) is 10.0 Å². The van der Waals surface area contributed by atoms with Gasteiger partial charge < -0.3 is 5.73 Å². The second-order valence-electron chi connectivity index (χ2n) is 5.55. The van der Waals surface area contributed by atoms with Crippen LogP contribution in [0.2, 0.25) is 0 Å². The Morgan fingerprint density at radius 1 is 1.35 bits per heavy atom. The van der Waals surface area contributed by atoms with Crippen molar-refractivity contribution in [2.45, 2.75) is 37.4 Å². The fourth-order valence-corrected chi connectivity index (χ4v) is 5.35. The lowest BCUT2D eigenvalue weighted by molar-refractivity contribution is 0.465. The first kappa shape index (κ1) is 20.5. The van der Waals surface area contributed by atoms with E-state index in [0.29, 0.717) is 16.7 Å². The van der Waals surface area contributed by atoms with Crippen molar-refractivity contribution in [3.63, 3.8) is 0 Å². The molecule has 130 valence electrons. The molecule has 2 heterocycles. The smallest absolute Gasteiger partial charge is 0.250 e. The van der Waals surface area contributed by atoms with Gasteiger partial charge in [-0.05, 0) is 31.4 Å². The molecular weight excluding hydrogens is 374 g/mol. The fraction of sp³-hybridized carbons (Fsp3) is 0.500. The van der Waals surface area contributed by atoms with E-state index in [4.69, 9.17) is 5.73 Å². The molecule has 0 bridgehead atoms. The fourth-order valence-electron chi connectivity index (χ4n) is 2.12. The van der Waals surface area contributed by atoms with Crippen molar-refractivity contribution in [3.8, 4) is 10.6 Å². The highest BCUT2D eigenvalue weighted by Gasteiger charge is 2.22. The topological polar surface area (TPSA) is 85.1 Å². The van der Waals surface area contributed by atoms with E-state index in [-0.39, 0.29) is 18.4 Å². The molecule has 0 aliphatic rings. The summed E-state index contributed by atoms with van der Waals surface area (Å²) in [6.07, 6.45) is 0.721. The van der Waals surface area contributed by atoms with E-state index in [1.807, 2.05) is 26.2 Å². The number of rotatable bonds is 7. The summed E-state index contributed by atoms with van der Waals surface area (Å²) in [7, 11) is -3.53. The van der Waals surface area contributed by atoms with Gasteiger partial charge in [-0.15, -0.1) is 35.1 Å². The van der Waals surface area contributed by atoms with Gasteiger partial charge in [0.1, 0.15) is 4.21 Å². The summed E-state index contributed by atoms with van der Waals surface area (Å²) in [5.74, 6) is 0.383. The van der Waals surface area contributed by atoms with Crippen LogP contribution >= 0.6 is 35.1 Å². The average Bonchev–Trinajstić information content (AvgIpc) is 3.05. The second-order valence-corrected chi connectivity index (χ2v) is 9.64. The van der Waals surface area contributed by atoms with Crippen LogP contribution < -0.4 is 10.5 Å². The number of thiazole rings is 1. The first-order chi connectivity index (χ1) is 10.3. The largest absolute Gasteiger partial charge is 0.329 e. The lowest BCUT2D eigenvalue weighted by atomic mass is 10.1. The van der Waals surface area contributed by atoms with Crippen LogP contribution in [-0.4, -0.2) is 26.0 Å².